The van der Waals surface area contributed by atoms with E-state index < -0.39 is 12.1 Å². The number of nitrogens with one attached hydrogen (secondary N) is 1. The Bertz CT molecular complexity index is 1040. The zero-order valence-electron chi connectivity index (χ0n) is 45.1. The highest BCUT2D eigenvalue weighted by Gasteiger charge is 2.18. The topological polar surface area (TPSA) is 95.9 Å². The summed E-state index contributed by atoms with van der Waals surface area (Å²) in [6, 6.07) is -0.637. The number of amides is 1. The molecule has 0 fully saturated rings. The second kappa shape index (κ2) is 56.9. The van der Waals surface area contributed by atoms with Gasteiger partial charge in [-0.1, -0.05) is 282 Å². The molecule has 0 saturated carbocycles. The second-order valence-corrected chi connectivity index (χ2v) is 20.7. The van der Waals surface area contributed by atoms with Gasteiger partial charge < -0.3 is 20.3 Å². The fourth-order valence-electron chi connectivity index (χ4n) is 9.34. The number of carbonyl (C=O) groups is 2. The highest BCUT2D eigenvalue weighted by atomic mass is 16.5. The maximum Gasteiger partial charge on any atom is 0.305 e. The Labute approximate surface area is 418 Å². The third-order valence-electron chi connectivity index (χ3n) is 14.0. The lowest BCUT2D eigenvalue weighted by Crippen LogP contribution is -2.45. The number of aliphatic hydroxyl groups excluding tert-OH is 2. The van der Waals surface area contributed by atoms with Crippen molar-refractivity contribution in [2.45, 2.75) is 341 Å². The van der Waals surface area contributed by atoms with Crippen LogP contribution in [-0.4, -0.2) is 47.4 Å². The van der Waals surface area contributed by atoms with Gasteiger partial charge in [-0.15, -0.1) is 0 Å². The van der Waals surface area contributed by atoms with Crippen LogP contribution in [0.25, 0.3) is 0 Å². The molecule has 0 aromatic heterocycles. The number of allylic oxidation sites excluding steroid dienone is 3. The van der Waals surface area contributed by atoms with Gasteiger partial charge in [-0.3, -0.25) is 9.59 Å². The number of carbonyl (C=O) groups excluding carboxylic acids is 2. The van der Waals surface area contributed by atoms with Crippen molar-refractivity contribution in [2.24, 2.45) is 0 Å². The monoisotopic (exact) mass is 944 g/mol. The summed E-state index contributed by atoms with van der Waals surface area (Å²) in [7, 11) is 0. The van der Waals surface area contributed by atoms with Crippen molar-refractivity contribution in [1.82, 2.24) is 5.32 Å². The molecule has 2 unspecified atom stereocenters. The van der Waals surface area contributed by atoms with E-state index >= 15 is 0 Å². The Morgan fingerprint density at radius 1 is 0.403 bits per heavy atom. The lowest BCUT2D eigenvalue weighted by Gasteiger charge is -2.20. The fraction of sp³-hybridized carbons (Fsp3) is 0.902. The third kappa shape index (κ3) is 53.5. The number of rotatable bonds is 56. The van der Waals surface area contributed by atoms with E-state index in [0.717, 1.165) is 57.8 Å². The van der Waals surface area contributed by atoms with E-state index in [0.29, 0.717) is 19.4 Å². The highest BCUT2D eigenvalue weighted by molar-refractivity contribution is 5.76. The van der Waals surface area contributed by atoms with Crippen LogP contribution in [0.4, 0.5) is 0 Å². The first-order valence-electron chi connectivity index (χ1n) is 30.1. The molecular formula is C61H117NO5. The number of hydrogen-bond donors (Lipinski definition) is 3. The summed E-state index contributed by atoms with van der Waals surface area (Å²) in [6.45, 7) is 4.90. The minimum absolute atomic E-state index is 0.00103. The standard InChI is InChI=1S/C61H117NO5/c1-3-5-7-9-11-13-15-17-19-22-25-29-33-37-41-45-49-53-59(64)58(57-63)62-60(65)54-50-46-42-38-34-30-26-23-21-24-28-32-36-40-44-48-52-56-67-61(66)55-51-47-43-39-35-31-27-20-18-16-14-12-10-8-6-4-2/h21,24,49,53,58-59,63-64H,3-20,22-23,25-48,50-52,54-57H2,1-2H3,(H,62,65)/b24-21-,53-49+. The Morgan fingerprint density at radius 2 is 0.701 bits per heavy atom. The molecule has 1 amide bonds. The van der Waals surface area contributed by atoms with E-state index in [2.05, 4.69) is 31.3 Å². The van der Waals surface area contributed by atoms with Crippen LogP contribution in [0.3, 0.4) is 0 Å². The van der Waals surface area contributed by atoms with E-state index in [1.165, 1.54) is 244 Å². The molecule has 6 nitrogen and oxygen atoms in total. The van der Waals surface area contributed by atoms with Gasteiger partial charge in [0.1, 0.15) is 0 Å². The van der Waals surface area contributed by atoms with Crippen LogP contribution in [0.15, 0.2) is 24.3 Å². The third-order valence-corrected chi connectivity index (χ3v) is 14.0. The van der Waals surface area contributed by atoms with Crippen molar-refractivity contribution in [3.63, 3.8) is 0 Å². The van der Waals surface area contributed by atoms with Gasteiger partial charge in [0.2, 0.25) is 5.91 Å². The predicted molar refractivity (Wildman–Crippen MR) is 292 cm³/mol. The van der Waals surface area contributed by atoms with Crippen LogP contribution >= 0.6 is 0 Å². The summed E-state index contributed by atoms with van der Waals surface area (Å²) in [5, 5.41) is 23.1. The number of ether oxygens (including phenoxy) is 1. The fourth-order valence-corrected chi connectivity index (χ4v) is 9.34. The van der Waals surface area contributed by atoms with Gasteiger partial charge in [0.25, 0.3) is 0 Å². The minimum Gasteiger partial charge on any atom is -0.466 e. The first-order valence-corrected chi connectivity index (χ1v) is 30.1. The van der Waals surface area contributed by atoms with Gasteiger partial charge in [-0.2, -0.15) is 0 Å². The smallest absolute Gasteiger partial charge is 0.305 e. The van der Waals surface area contributed by atoms with Gasteiger partial charge in [-0.05, 0) is 57.8 Å². The molecule has 0 aliphatic heterocycles. The molecule has 0 radical (unpaired) electrons. The molecule has 2 atom stereocenters. The number of aliphatic hydroxyl groups is 2. The van der Waals surface area contributed by atoms with Crippen LogP contribution < -0.4 is 5.32 Å². The Morgan fingerprint density at radius 3 is 1.06 bits per heavy atom. The predicted octanol–water partition coefficient (Wildman–Crippen LogP) is 18.6. The molecule has 0 aliphatic carbocycles. The quantitative estimate of drug-likeness (QED) is 0.0321. The first kappa shape index (κ1) is 65.3. The highest BCUT2D eigenvalue weighted by Crippen LogP contribution is 2.17. The lowest BCUT2D eigenvalue weighted by atomic mass is 10.0. The summed E-state index contributed by atoms with van der Waals surface area (Å²) in [6.07, 6.45) is 69.2. The van der Waals surface area contributed by atoms with Gasteiger partial charge in [-0.25, -0.2) is 0 Å². The molecule has 0 aromatic rings. The maximum absolute atomic E-state index is 12.5. The second-order valence-electron chi connectivity index (χ2n) is 20.7. The summed E-state index contributed by atoms with van der Waals surface area (Å²) in [5.41, 5.74) is 0. The molecule has 396 valence electrons. The molecule has 3 N–H and O–H groups in total. The molecule has 0 spiro atoms. The van der Waals surface area contributed by atoms with E-state index in [9.17, 15) is 19.8 Å². The molecule has 67 heavy (non-hydrogen) atoms. The summed E-state index contributed by atoms with van der Waals surface area (Å²) in [5.74, 6) is -0.0769. The Balaban J connectivity index is 3.47. The van der Waals surface area contributed by atoms with Crippen LogP contribution in [0.1, 0.15) is 328 Å². The summed E-state index contributed by atoms with van der Waals surface area (Å²) >= 11 is 0. The van der Waals surface area contributed by atoms with Crippen molar-refractivity contribution in [3.8, 4) is 0 Å². The van der Waals surface area contributed by atoms with Crippen molar-refractivity contribution in [2.75, 3.05) is 13.2 Å². The lowest BCUT2D eigenvalue weighted by molar-refractivity contribution is -0.143. The van der Waals surface area contributed by atoms with Crippen molar-refractivity contribution in [1.29, 1.82) is 0 Å². The normalized spacial score (nSPS) is 12.7. The van der Waals surface area contributed by atoms with Gasteiger partial charge in [0.05, 0.1) is 25.4 Å². The van der Waals surface area contributed by atoms with Crippen LogP contribution in [0.5, 0.6) is 0 Å². The van der Waals surface area contributed by atoms with E-state index in [1.807, 2.05) is 6.08 Å². The first-order chi connectivity index (χ1) is 33.0. The molecular weight excluding hydrogens is 827 g/mol. The van der Waals surface area contributed by atoms with E-state index in [-0.39, 0.29) is 18.5 Å². The van der Waals surface area contributed by atoms with Crippen LogP contribution in [0.2, 0.25) is 0 Å². The molecule has 6 heteroatoms. The SMILES string of the molecule is CCCCCCCCCCCCCCCCC/C=C/C(O)C(CO)NC(=O)CCCCCCCCC/C=C\CCCCCCCCOC(=O)CCCCCCCCCCCCCCCCCC. The molecule has 0 aromatic carbocycles. The van der Waals surface area contributed by atoms with Gasteiger partial charge in [0, 0.05) is 12.8 Å². The molecule has 0 bridgehead atoms. The maximum atomic E-state index is 12.5. The summed E-state index contributed by atoms with van der Waals surface area (Å²) < 4.78 is 5.48. The van der Waals surface area contributed by atoms with Crippen molar-refractivity contribution in [3.05, 3.63) is 24.3 Å². The van der Waals surface area contributed by atoms with E-state index in [1.54, 1.807) is 6.08 Å². The number of esters is 1. The Kier molecular flexibility index (Phi) is 55.5. The van der Waals surface area contributed by atoms with Crippen molar-refractivity contribution < 1.29 is 24.5 Å². The molecule has 0 saturated heterocycles. The number of hydrogen-bond acceptors (Lipinski definition) is 5. The minimum atomic E-state index is -0.852. The molecule has 0 heterocycles. The average molecular weight is 945 g/mol. The largest absolute Gasteiger partial charge is 0.466 e. The van der Waals surface area contributed by atoms with Crippen LogP contribution in [-0.2, 0) is 14.3 Å². The average Bonchev–Trinajstić information content (AvgIpc) is 3.33. The zero-order valence-corrected chi connectivity index (χ0v) is 45.1. The van der Waals surface area contributed by atoms with Crippen molar-refractivity contribution >= 4 is 11.9 Å². The van der Waals surface area contributed by atoms with Crippen LogP contribution in [0, 0.1) is 0 Å². The number of unbranched alkanes of at least 4 members (excludes halogenated alkanes) is 43. The summed E-state index contributed by atoms with van der Waals surface area (Å²) in [4.78, 5) is 24.5. The van der Waals surface area contributed by atoms with Gasteiger partial charge >= 0.3 is 5.97 Å². The molecule has 0 aliphatic rings. The van der Waals surface area contributed by atoms with Gasteiger partial charge in [0.15, 0.2) is 0 Å². The zero-order chi connectivity index (χ0) is 48.6. The van der Waals surface area contributed by atoms with E-state index in [4.69, 9.17) is 4.74 Å². The Hall–Kier alpha value is -1.66. The molecule has 0 rings (SSSR count).